The number of imide groups is 1. The normalized spacial score (nSPS) is 15.3. The van der Waals surface area contributed by atoms with Gasteiger partial charge in [0.05, 0.1) is 55.8 Å². The van der Waals surface area contributed by atoms with Crippen molar-refractivity contribution in [2.45, 2.75) is 46.7 Å². The summed E-state index contributed by atoms with van der Waals surface area (Å²) in [6, 6.07) is 11.3. The first-order valence-corrected chi connectivity index (χ1v) is 16.1. The number of benzene rings is 3. The first kappa shape index (κ1) is 37.4. The maximum absolute atomic E-state index is 14.9. The molecule has 1 aliphatic heterocycles. The van der Waals surface area contributed by atoms with Gasteiger partial charge in [0.2, 0.25) is 0 Å². The highest BCUT2D eigenvalue weighted by atomic mass is 16.6. The van der Waals surface area contributed by atoms with Gasteiger partial charge in [0.15, 0.2) is 23.0 Å². The van der Waals surface area contributed by atoms with Crippen molar-refractivity contribution in [2.75, 3.05) is 49.3 Å². The van der Waals surface area contributed by atoms with E-state index in [0.717, 1.165) is 10.5 Å². The highest BCUT2D eigenvalue weighted by molar-refractivity contribution is 6.13. The van der Waals surface area contributed by atoms with Crippen LogP contribution in [-0.4, -0.2) is 83.0 Å². The molecule has 3 aromatic rings. The van der Waals surface area contributed by atoms with Crippen LogP contribution in [0.25, 0.3) is 6.08 Å². The smallest absolute Gasteiger partial charge is 0.417 e. The fourth-order valence-corrected chi connectivity index (χ4v) is 6.13. The molecule has 0 saturated carbocycles. The average Bonchev–Trinajstić information content (AvgIpc) is 3.10. The number of carbonyl (C=O) groups is 3. The lowest BCUT2D eigenvalue weighted by Gasteiger charge is -2.40. The molecular weight excluding hydrogens is 644 g/mol. The largest absolute Gasteiger partial charge is 0.496 e. The van der Waals surface area contributed by atoms with Crippen LogP contribution >= 0.6 is 0 Å². The molecule has 0 radical (unpaired) electrons. The predicted octanol–water partition coefficient (Wildman–Crippen LogP) is 5.97. The summed E-state index contributed by atoms with van der Waals surface area (Å²) < 4.78 is 39.4. The third-order valence-electron chi connectivity index (χ3n) is 8.43. The minimum Gasteiger partial charge on any atom is -0.496 e. The summed E-state index contributed by atoms with van der Waals surface area (Å²) in [5.74, 6) is 1.28. The van der Waals surface area contributed by atoms with E-state index in [2.05, 4.69) is 0 Å². The molecule has 0 aromatic heterocycles. The second-order valence-electron chi connectivity index (χ2n) is 12.1. The Morgan fingerprint density at radius 1 is 0.780 bits per heavy atom. The van der Waals surface area contributed by atoms with Crippen LogP contribution < -0.4 is 28.4 Å². The van der Waals surface area contributed by atoms with Crippen LogP contribution in [0.3, 0.4) is 0 Å². The van der Waals surface area contributed by atoms with Gasteiger partial charge in [0.25, 0.3) is 11.8 Å². The Morgan fingerprint density at radius 2 is 1.34 bits per heavy atom. The van der Waals surface area contributed by atoms with Gasteiger partial charge in [-0.2, -0.15) is 0 Å². The van der Waals surface area contributed by atoms with Crippen LogP contribution in [0.1, 0.15) is 41.7 Å². The summed E-state index contributed by atoms with van der Waals surface area (Å²) in [5, 5.41) is 0. The Bertz CT molecular complexity index is 1750. The molecule has 0 spiro atoms. The van der Waals surface area contributed by atoms with Crippen molar-refractivity contribution in [3.63, 3.8) is 0 Å². The first-order valence-electron chi connectivity index (χ1n) is 16.1. The third-order valence-corrected chi connectivity index (χ3v) is 8.43. The molecule has 12 nitrogen and oxygen atoms in total. The summed E-state index contributed by atoms with van der Waals surface area (Å²) in [4.78, 5) is 45.8. The van der Waals surface area contributed by atoms with Crippen molar-refractivity contribution in [2.24, 2.45) is 5.92 Å². The van der Waals surface area contributed by atoms with Gasteiger partial charge in [-0.05, 0) is 43.5 Å². The molecule has 12 heteroatoms. The van der Waals surface area contributed by atoms with Crippen LogP contribution in [0.5, 0.6) is 34.5 Å². The second kappa shape index (κ2) is 16.3. The lowest BCUT2D eigenvalue weighted by Crippen LogP contribution is -2.61. The van der Waals surface area contributed by atoms with Crippen molar-refractivity contribution < 1.29 is 47.5 Å². The average molecular weight is 691 g/mol. The van der Waals surface area contributed by atoms with Crippen molar-refractivity contribution in [3.8, 4) is 34.5 Å². The monoisotopic (exact) mass is 690 g/mol. The third kappa shape index (κ3) is 7.44. The van der Waals surface area contributed by atoms with E-state index in [1.165, 1.54) is 53.6 Å². The van der Waals surface area contributed by atoms with E-state index in [4.69, 9.17) is 33.2 Å². The molecule has 1 unspecified atom stereocenters. The van der Waals surface area contributed by atoms with Crippen LogP contribution in [0.4, 0.5) is 4.79 Å². The molecule has 0 bridgehead atoms. The Kier molecular flexibility index (Phi) is 12.2. The van der Waals surface area contributed by atoms with Gasteiger partial charge < -0.3 is 38.1 Å². The Balaban J connectivity index is 1.97. The highest BCUT2D eigenvalue weighted by Gasteiger charge is 2.47. The van der Waals surface area contributed by atoms with Crippen molar-refractivity contribution >= 4 is 24.0 Å². The van der Waals surface area contributed by atoms with Crippen LogP contribution in [0, 0.1) is 19.8 Å². The van der Waals surface area contributed by atoms with Gasteiger partial charge in [-0.1, -0.05) is 44.2 Å². The van der Waals surface area contributed by atoms with Gasteiger partial charge in [0, 0.05) is 28.7 Å². The lowest BCUT2D eigenvalue weighted by atomic mass is 9.95. The van der Waals surface area contributed by atoms with Crippen LogP contribution in [0.15, 0.2) is 48.2 Å². The van der Waals surface area contributed by atoms with Crippen molar-refractivity contribution in [1.29, 1.82) is 0 Å². The molecule has 3 aromatic carbocycles. The van der Waals surface area contributed by atoms with E-state index in [-0.39, 0.29) is 31.2 Å². The fourth-order valence-electron chi connectivity index (χ4n) is 6.13. The Morgan fingerprint density at radius 3 is 1.88 bits per heavy atom. The number of rotatable bonds is 13. The molecule has 3 amide bonds. The maximum atomic E-state index is 14.9. The topological polar surface area (TPSA) is 122 Å². The minimum absolute atomic E-state index is 0.0230. The van der Waals surface area contributed by atoms with Gasteiger partial charge in [-0.25, -0.2) is 9.69 Å². The number of nitrogens with zero attached hydrogens (tertiary/aromatic N) is 2. The van der Waals surface area contributed by atoms with Gasteiger partial charge in [-0.3, -0.25) is 9.59 Å². The van der Waals surface area contributed by atoms with E-state index < -0.39 is 23.9 Å². The predicted molar refractivity (Wildman–Crippen MR) is 187 cm³/mol. The van der Waals surface area contributed by atoms with Crippen molar-refractivity contribution in [1.82, 2.24) is 9.80 Å². The van der Waals surface area contributed by atoms with Crippen molar-refractivity contribution in [3.05, 3.63) is 76.0 Å². The number of carbonyl (C=O) groups excluding carboxylic acids is 3. The van der Waals surface area contributed by atoms with Gasteiger partial charge in [-0.15, -0.1) is 0 Å². The highest BCUT2D eigenvalue weighted by Crippen LogP contribution is 2.43. The quantitative estimate of drug-likeness (QED) is 0.198. The van der Waals surface area contributed by atoms with E-state index in [1.54, 1.807) is 26.0 Å². The molecule has 4 rings (SSSR count). The van der Waals surface area contributed by atoms with E-state index in [0.29, 0.717) is 56.8 Å². The van der Waals surface area contributed by atoms with E-state index >= 15 is 0 Å². The number of ether oxygens (including phenoxy) is 7. The minimum atomic E-state index is -1.30. The zero-order valence-corrected chi connectivity index (χ0v) is 30.4. The molecule has 0 aliphatic carbocycles. The Labute approximate surface area is 293 Å². The molecule has 1 atom stereocenters. The van der Waals surface area contributed by atoms with Gasteiger partial charge in [0.1, 0.15) is 23.2 Å². The zero-order valence-electron chi connectivity index (χ0n) is 30.4. The summed E-state index contributed by atoms with van der Waals surface area (Å²) in [5.41, 5.74) is 2.92. The van der Waals surface area contributed by atoms with Gasteiger partial charge >= 0.3 is 6.09 Å². The number of hydrogen-bond donors (Lipinski definition) is 0. The molecule has 268 valence electrons. The Hall–Kier alpha value is -5.39. The summed E-state index contributed by atoms with van der Waals surface area (Å²) >= 11 is 0. The summed E-state index contributed by atoms with van der Waals surface area (Å²) in [7, 11) is 9.03. The molecule has 1 saturated heterocycles. The molecule has 1 fully saturated rings. The molecule has 50 heavy (non-hydrogen) atoms. The standard InChI is InChI=1S/C38H46N2O10/c1-22(2)21-50-38(43)40-29(17-27-19-31(45-6)35(49-10)24(4)33(27)47-8)36(41)39(20-25-14-12-11-13-15-25)28(37(40)42)16-26-18-30(44-5)34(48-9)23(3)32(26)46-7/h11-16,18-19,22,29H,17,20-21H2,1-10H3/b28-16-. The zero-order chi connectivity index (χ0) is 36.7. The van der Waals surface area contributed by atoms with Crippen LogP contribution in [0.2, 0.25) is 0 Å². The number of amides is 3. The van der Waals surface area contributed by atoms with Crippen LogP contribution in [-0.2, 0) is 27.3 Å². The summed E-state index contributed by atoms with van der Waals surface area (Å²) in [6.07, 6.45) is 0.485. The number of piperazine rings is 1. The SMILES string of the molecule is COc1cc(/C=C2/C(=O)N(C(=O)OCC(C)C)C(Cc3cc(OC)c(OC)c(C)c3OC)C(=O)N2Cc2ccccc2)c(OC)c(C)c1OC. The second-order valence-corrected chi connectivity index (χ2v) is 12.1. The molecule has 0 N–H and O–H groups in total. The molecular formula is C38H46N2O10. The first-order chi connectivity index (χ1) is 23.9. The molecule has 1 heterocycles. The van der Waals surface area contributed by atoms with E-state index in [9.17, 15) is 14.4 Å². The fraction of sp³-hybridized carbons (Fsp3) is 0.395. The molecule has 1 aliphatic rings. The number of hydrogen-bond acceptors (Lipinski definition) is 10. The summed E-state index contributed by atoms with van der Waals surface area (Å²) in [6.45, 7) is 7.43. The lowest BCUT2D eigenvalue weighted by molar-refractivity contribution is -0.149. The maximum Gasteiger partial charge on any atom is 0.417 e. The van der Waals surface area contributed by atoms with E-state index in [1.807, 2.05) is 44.2 Å². The number of methoxy groups -OCH3 is 6.